The van der Waals surface area contributed by atoms with Gasteiger partial charge in [0.2, 0.25) is 9.84 Å². The van der Waals surface area contributed by atoms with Crippen LogP contribution in [0, 0.1) is 0 Å². The summed E-state index contributed by atoms with van der Waals surface area (Å²) in [6, 6.07) is 27.4. The molecule has 0 aliphatic heterocycles. The number of phenols is 1. The van der Waals surface area contributed by atoms with Gasteiger partial charge in [-0.2, -0.15) is 4.57 Å². The molecule has 0 amide bonds. The van der Waals surface area contributed by atoms with E-state index in [1.165, 1.54) is 48.5 Å². The molecule has 0 aliphatic carbocycles. The Balaban J connectivity index is 1.59. The second-order valence-corrected chi connectivity index (χ2v) is 10.2. The van der Waals surface area contributed by atoms with Crippen molar-refractivity contribution < 1.29 is 31.7 Å². The van der Waals surface area contributed by atoms with Gasteiger partial charge < -0.3 is 18.7 Å². The van der Waals surface area contributed by atoms with E-state index in [-0.39, 0.29) is 32.8 Å². The van der Waals surface area contributed by atoms with Crippen LogP contribution in [0.3, 0.4) is 0 Å². The van der Waals surface area contributed by atoms with E-state index in [0.717, 1.165) is 0 Å². The van der Waals surface area contributed by atoms with E-state index in [1.54, 1.807) is 60.7 Å². The van der Waals surface area contributed by atoms with Gasteiger partial charge in [0.05, 0.1) is 9.79 Å². The Morgan fingerprint density at radius 3 is 1.33 bits per heavy atom. The molecule has 0 aliphatic rings. The second kappa shape index (κ2) is 9.40. The van der Waals surface area contributed by atoms with Gasteiger partial charge in [-0.3, -0.25) is 0 Å². The minimum Gasteiger partial charge on any atom is -0.508 e. The number of rotatable bonds is 8. The Bertz CT molecular complexity index is 1310. The summed E-state index contributed by atoms with van der Waals surface area (Å²) in [5.41, 5.74) is 0. The van der Waals surface area contributed by atoms with Gasteiger partial charge in [0.15, 0.2) is 0 Å². The summed E-state index contributed by atoms with van der Waals surface area (Å²) in [6.45, 7) is 0. The van der Waals surface area contributed by atoms with E-state index >= 15 is 0 Å². The van der Waals surface area contributed by atoms with Crippen LogP contribution < -0.4 is 13.6 Å². The number of benzene rings is 4. The van der Waals surface area contributed by atoms with Gasteiger partial charge in [0, 0.05) is 0 Å². The molecule has 0 saturated carbocycles. The molecule has 0 atom stereocenters. The number of aromatic hydroxyl groups is 1. The molecule has 4 rings (SSSR count). The first-order valence-corrected chi connectivity index (χ1v) is 12.7. The monoisotopic (exact) mass is 482 g/mol. The van der Waals surface area contributed by atoms with Crippen molar-refractivity contribution in [2.45, 2.75) is 9.79 Å². The number of hydrogen-bond acceptors (Lipinski definition) is 7. The minimum absolute atomic E-state index is 0.00308. The van der Waals surface area contributed by atoms with Crippen molar-refractivity contribution in [3.8, 4) is 23.0 Å². The van der Waals surface area contributed by atoms with Crippen molar-refractivity contribution in [2.24, 2.45) is 0 Å². The predicted molar refractivity (Wildman–Crippen MR) is 122 cm³/mol. The third-order valence-electron chi connectivity index (χ3n) is 4.42. The summed E-state index contributed by atoms with van der Waals surface area (Å²) in [4.78, 5) is 0.0304. The zero-order valence-electron chi connectivity index (χ0n) is 17.1. The Morgan fingerprint density at radius 1 is 0.545 bits per heavy atom. The molecule has 0 unspecified atom stereocenters. The largest absolute Gasteiger partial charge is 0.647 e. The van der Waals surface area contributed by atoms with Gasteiger partial charge in [0.25, 0.3) is 0 Å². The molecule has 0 fully saturated rings. The highest BCUT2D eigenvalue weighted by Crippen LogP contribution is 2.49. The van der Waals surface area contributed by atoms with Gasteiger partial charge in [0.1, 0.15) is 23.0 Å². The Morgan fingerprint density at radius 2 is 0.909 bits per heavy atom. The van der Waals surface area contributed by atoms with Crippen molar-refractivity contribution in [3.63, 3.8) is 0 Å². The lowest BCUT2D eigenvalue weighted by Gasteiger charge is -2.19. The highest BCUT2D eigenvalue weighted by molar-refractivity contribution is 7.91. The van der Waals surface area contributed by atoms with Gasteiger partial charge in [-0.25, -0.2) is 8.42 Å². The molecule has 9 heteroatoms. The normalized spacial score (nSPS) is 11.5. The lowest BCUT2D eigenvalue weighted by Crippen LogP contribution is -2.08. The maximum atomic E-state index is 13.4. The number of hydrogen-bond donors (Lipinski definition) is 1. The number of sulfone groups is 1. The molecule has 0 bridgehead atoms. The highest BCUT2D eigenvalue weighted by Gasteiger charge is 2.33. The maximum absolute atomic E-state index is 13.4. The third-order valence-corrected chi connectivity index (χ3v) is 7.51. The second-order valence-electron chi connectivity index (χ2n) is 6.82. The van der Waals surface area contributed by atoms with Crippen LogP contribution in [0.4, 0.5) is 0 Å². The Labute approximate surface area is 191 Å². The quantitative estimate of drug-likeness (QED) is 0.314. The lowest BCUT2D eigenvalue weighted by molar-refractivity contribution is 0.298. The topological polar surface area (TPSA) is 99.1 Å². The molecule has 168 valence electrons. The highest BCUT2D eigenvalue weighted by atomic mass is 32.2. The van der Waals surface area contributed by atoms with Crippen molar-refractivity contribution in [1.82, 2.24) is 0 Å². The van der Waals surface area contributed by atoms with E-state index < -0.39 is 17.7 Å². The molecule has 33 heavy (non-hydrogen) atoms. The van der Waals surface area contributed by atoms with Crippen LogP contribution in [0.15, 0.2) is 119 Å². The first-order chi connectivity index (χ1) is 15.8. The fourth-order valence-electron chi connectivity index (χ4n) is 2.85. The van der Waals surface area contributed by atoms with E-state index in [9.17, 15) is 18.1 Å². The van der Waals surface area contributed by atoms with Gasteiger partial charge in [-0.05, 0) is 72.8 Å². The summed E-state index contributed by atoms with van der Waals surface area (Å²) >= 11 is 0. The van der Waals surface area contributed by atoms with Crippen LogP contribution >= 0.6 is 7.82 Å². The fourth-order valence-corrected chi connectivity index (χ4v) is 5.36. The van der Waals surface area contributed by atoms with Crippen molar-refractivity contribution in [2.75, 3.05) is 0 Å². The molecule has 4 aromatic carbocycles. The van der Waals surface area contributed by atoms with Crippen LogP contribution in [0.5, 0.6) is 23.0 Å². The maximum Gasteiger partial charge on any atom is 0.647 e. The molecule has 1 N–H and O–H groups in total. The van der Waals surface area contributed by atoms with Crippen molar-refractivity contribution >= 4 is 17.7 Å². The molecule has 0 heterocycles. The standard InChI is InChI=1S/C24H19O7PS/c25-19-11-15-23(16-12-19)33(27,28)24-17-13-22(14-18-24)31-32(26,29-20-7-3-1-4-8-20)30-21-9-5-2-6-10-21/h1-18,25H. The number of phosphoric ester groups is 1. The van der Waals surface area contributed by atoms with E-state index in [2.05, 4.69) is 0 Å². The SMILES string of the molecule is O=P(Oc1ccccc1)(Oc1ccccc1)Oc1ccc(S(=O)(=O)c2ccc(O)cc2)cc1. The number of phosphoric acid groups is 1. The molecule has 0 radical (unpaired) electrons. The summed E-state index contributed by atoms with van der Waals surface area (Å²) in [6.07, 6.45) is 0. The van der Waals surface area contributed by atoms with Gasteiger partial charge >= 0.3 is 7.82 Å². The van der Waals surface area contributed by atoms with Gasteiger partial charge in [-0.1, -0.05) is 36.4 Å². The molecule has 0 saturated heterocycles. The summed E-state index contributed by atoms with van der Waals surface area (Å²) in [5.74, 6) is 0.617. The summed E-state index contributed by atoms with van der Waals surface area (Å²) in [7, 11) is -7.99. The first-order valence-electron chi connectivity index (χ1n) is 9.77. The first kappa shape index (κ1) is 22.5. The van der Waals surface area contributed by atoms with Crippen molar-refractivity contribution in [3.05, 3.63) is 109 Å². The lowest BCUT2D eigenvalue weighted by atomic mass is 10.3. The van der Waals surface area contributed by atoms with Crippen molar-refractivity contribution in [1.29, 1.82) is 0 Å². The molecular formula is C24H19O7PS. The Kier molecular flexibility index (Phi) is 6.40. The zero-order chi connectivity index (χ0) is 23.3. The number of phenolic OH excluding ortho intramolecular Hbond substituents is 1. The van der Waals surface area contributed by atoms with Gasteiger partial charge in [-0.15, -0.1) is 0 Å². The molecule has 4 aromatic rings. The minimum atomic E-state index is -4.18. The van der Waals surface area contributed by atoms with E-state index in [1.807, 2.05) is 0 Å². The fraction of sp³-hybridized carbons (Fsp3) is 0. The van der Waals surface area contributed by atoms with Crippen LogP contribution in [0.25, 0.3) is 0 Å². The van der Waals surface area contributed by atoms with Crippen LogP contribution in [0.1, 0.15) is 0 Å². The zero-order valence-corrected chi connectivity index (χ0v) is 18.9. The molecular weight excluding hydrogens is 463 g/mol. The average Bonchev–Trinajstić information content (AvgIpc) is 2.81. The average molecular weight is 482 g/mol. The van der Waals surface area contributed by atoms with E-state index in [4.69, 9.17) is 13.6 Å². The van der Waals surface area contributed by atoms with Crippen LogP contribution in [0.2, 0.25) is 0 Å². The Hall–Kier alpha value is -3.74. The molecule has 0 aromatic heterocycles. The smallest absolute Gasteiger partial charge is 0.508 e. The van der Waals surface area contributed by atoms with E-state index in [0.29, 0.717) is 0 Å². The summed E-state index contributed by atoms with van der Waals surface area (Å²) < 4.78 is 55.7. The third kappa shape index (κ3) is 5.55. The summed E-state index contributed by atoms with van der Waals surface area (Å²) in [5, 5.41) is 9.39. The number of para-hydroxylation sites is 2. The predicted octanol–water partition coefficient (Wildman–Crippen LogP) is 5.87. The van der Waals surface area contributed by atoms with Crippen LogP contribution in [-0.2, 0) is 14.4 Å². The van der Waals surface area contributed by atoms with Crippen LogP contribution in [-0.4, -0.2) is 13.5 Å². The molecule has 7 nitrogen and oxygen atoms in total. The molecule has 0 spiro atoms.